The summed E-state index contributed by atoms with van der Waals surface area (Å²) in [6.45, 7) is 0.189. The number of primary amides is 1. The molecule has 0 saturated heterocycles. The Morgan fingerprint density at radius 1 is 1.35 bits per heavy atom. The minimum Gasteiger partial charge on any atom is -0.368 e. The average molecular weight is 317 g/mol. The van der Waals surface area contributed by atoms with Gasteiger partial charge in [0, 0.05) is 12.4 Å². The lowest BCUT2D eigenvalue weighted by molar-refractivity contribution is -0.122. The third kappa shape index (κ3) is 3.13. The van der Waals surface area contributed by atoms with Crippen molar-refractivity contribution >= 4 is 27.5 Å². The zero-order chi connectivity index (χ0) is 14.8. The fraction of sp³-hybridized carbons (Fsp3) is 0.462. The second-order valence-corrected chi connectivity index (χ2v) is 7.21. The van der Waals surface area contributed by atoms with Gasteiger partial charge in [0.15, 0.2) is 0 Å². The van der Waals surface area contributed by atoms with E-state index in [4.69, 9.17) is 17.3 Å². The summed E-state index contributed by atoms with van der Waals surface area (Å²) in [5.41, 5.74) is 7.26. The Bertz CT molecular complexity index is 603. The molecule has 110 valence electrons. The molecule has 1 aromatic rings. The highest BCUT2D eigenvalue weighted by atomic mass is 35.5. The van der Waals surface area contributed by atoms with E-state index in [1.54, 1.807) is 0 Å². The fourth-order valence-corrected chi connectivity index (χ4v) is 4.33. The van der Waals surface area contributed by atoms with Crippen LogP contribution in [0.5, 0.6) is 0 Å². The third-order valence-electron chi connectivity index (χ3n) is 3.43. The molecular weight excluding hydrogens is 300 g/mol. The molecule has 7 heteroatoms. The van der Waals surface area contributed by atoms with E-state index in [1.165, 1.54) is 4.31 Å². The van der Waals surface area contributed by atoms with Crippen LogP contribution < -0.4 is 5.73 Å². The summed E-state index contributed by atoms with van der Waals surface area (Å²) in [7, 11) is -3.53. The highest BCUT2D eigenvalue weighted by molar-refractivity contribution is 7.89. The normalized spacial score (nSPS) is 19.6. The maximum absolute atomic E-state index is 12.3. The van der Waals surface area contributed by atoms with Crippen LogP contribution in [0.2, 0.25) is 0 Å². The Balaban J connectivity index is 2.33. The van der Waals surface area contributed by atoms with Gasteiger partial charge in [-0.15, -0.1) is 11.6 Å². The average Bonchev–Trinajstić information content (AvgIpc) is 2.43. The number of amides is 1. The molecule has 0 aliphatic carbocycles. The number of benzene rings is 1. The van der Waals surface area contributed by atoms with E-state index >= 15 is 0 Å². The van der Waals surface area contributed by atoms with Crippen molar-refractivity contribution < 1.29 is 13.2 Å². The highest BCUT2D eigenvalue weighted by Crippen LogP contribution is 2.26. The smallest absolute Gasteiger partial charge is 0.236 e. The van der Waals surface area contributed by atoms with Gasteiger partial charge < -0.3 is 5.73 Å². The molecule has 0 saturated carbocycles. The Labute approximate surface area is 123 Å². The first-order valence-electron chi connectivity index (χ1n) is 6.37. The molecule has 0 aromatic heterocycles. The van der Waals surface area contributed by atoms with Gasteiger partial charge >= 0.3 is 0 Å². The van der Waals surface area contributed by atoms with Gasteiger partial charge in [-0.05, 0) is 24.0 Å². The molecule has 1 atom stereocenters. The number of fused-ring (bicyclic) bond motifs is 1. The first-order valence-corrected chi connectivity index (χ1v) is 8.51. The van der Waals surface area contributed by atoms with Crippen molar-refractivity contribution in [1.82, 2.24) is 4.31 Å². The molecule has 0 spiro atoms. The Morgan fingerprint density at radius 2 is 2.00 bits per heavy atom. The van der Waals surface area contributed by atoms with Crippen LogP contribution in [0.4, 0.5) is 0 Å². The van der Waals surface area contributed by atoms with E-state index in [-0.39, 0.29) is 18.2 Å². The minimum atomic E-state index is -3.53. The minimum absolute atomic E-state index is 0.0670. The maximum atomic E-state index is 12.3. The SMILES string of the molecule is NC(=O)[C@@H]1Cc2ccccc2CN1S(=O)(=O)CCCCl. The Hall–Kier alpha value is -1.11. The number of hydrogen-bond donors (Lipinski definition) is 1. The van der Waals surface area contributed by atoms with Crippen molar-refractivity contribution in [3.8, 4) is 0 Å². The number of nitrogens with zero attached hydrogens (tertiary/aromatic N) is 1. The molecule has 0 fully saturated rings. The second-order valence-electron chi connectivity index (χ2n) is 4.79. The second kappa shape index (κ2) is 6.11. The van der Waals surface area contributed by atoms with Crippen LogP contribution in [0.25, 0.3) is 0 Å². The standard InChI is InChI=1S/C13H17ClN2O3S/c14-6-3-7-20(18,19)16-9-11-5-2-1-4-10(11)8-12(16)13(15)17/h1-2,4-5,12H,3,6-9H2,(H2,15,17)/t12-/m0/s1. The number of alkyl halides is 1. The molecule has 0 unspecified atom stereocenters. The summed E-state index contributed by atoms with van der Waals surface area (Å²) in [6.07, 6.45) is 0.680. The number of hydrogen-bond acceptors (Lipinski definition) is 3. The summed E-state index contributed by atoms with van der Waals surface area (Å²) >= 11 is 5.55. The number of nitrogens with two attached hydrogens (primary N) is 1. The van der Waals surface area contributed by atoms with Crippen molar-refractivity contribution in [3.63, 3.8) is 0 Å². The number of carbonyl (C=O) groups is 1. The predicted octanol–water partition coefficient (Wildman–Crippen LogP) is 0.857. The molecule has 2 N–H and O–H groups in total. The van der Waals surface area contributed by atoms with Crippen LogP contribution in [-0.2, 0) is 27.8 Å². The lowest BCUT2D eigenvalue weighted by Gasteiger charge is -2.34. The topological polar surface area (TPSA) is 80.5 Å². The molecule has 1 aromatic carbocycles. The van der Waals surface area contributed by atoms with Crippen molar-refractivity contribution in [2.75, 3.05) is 11.6 Å². The van der Waals surface area contributed by atoms with Gasteiger partial charge in [-0.1, -0.05) is 24.3 Å². The fourth-order valence-electron chi connectivity index (χ4n) is 2.39. The molecule has 0 bridgehead atoms. The molecule has 0 radical (unpaired) electrons. The molecule has 1 aliphatic heterocycles. The Kier molecular flexibility index (Phi) is 4.67. The van der Waals surface area contributed by atoms with Gasteiger partial charge in [-0.25, -0.2) is 8.42 Å². The van der Waals surface area contributed by atoms with E-state index < -0.39 is 22.0 Å². The van der Waals surface area contributed by atoms with Crippen molar-refractivity contribution in [3.05, 3.63) is 35.4 Å². The first-order chi connectivity index (χ1) is 9.45. The number of rotatable bonds is 5. The van der Waals surface area contributed by atoms with Crippen molar-refractivity contribution in [2.24, 2.45) is 5.73 Å². The third-order valence-corrected chi connectivity index (χ3v) is 5.60. The largest absolute Gasteiger partial charge is 0.368 e. The van der Waals surface area contributed by atoms with Crippen molar-refractivity contribution in [2.45, 2.75) is 25.4 Å². The summed E-state index contributed by atoms with van der Waals surface area (Å²) in [5, 5.41) is 0. The van der Waals surface area contributed by atoms with Gasteiger partial charge in [0.1, 0.15) is 6.04 Å². The van der Waals surface area contributed by atoms with E-state index in [9.17, 15) is 13.2 Å². The van der Waals surface area contributed by atoms with Crippen LogP contribution in [0.3, 0.4) is 0 Å². The van der Waals surface area contributed by atoms with E-state index in [0.29, 0.717) is 12.8 Å². The van der Waals surface area contributed by atoms with Gasteiger partial charge in [-0.2, -0.15) is 4.31 Å². The summed E-state index contributed by atoms with van der Waals surface area (Å²) in [6, 6.07) is 6.68. The quantitative estimate of drug-likeness (QED) is 0.818. The lowest BCUT2D eigenvalue weighted by atomic mass is 9.96. The van der Waals surface area contributed by atoms with Crippen molar-refractivity contribution in [1.29, 1.82) is 0 Å². The van der Waals surface area contributed by atoms with Crippen LogP contribution in [0.15, 0.2) is 24.3 Å². The van der Waals surface area contributed by atoms with Gasteiger partial charge in [0.2, 0.25) is 15.9 Å². The summed E-state index contributed by atoms with van der Waals surface area (Å²) in [4.78, 5) is 11.6. The maximum Gasteiger partial charge on any atom is 0.236 e. The molecule has 2 rings (SSSR count). The van der Waals surface area contributed by atoms with Gasteiger partial charge in [-0.3, -0.25) is 4.79 Å². The van der Waals surface area contributed by atoms with E-state index in [2.05, 4.69) is 0 Å². The highest BCUT2D eigenvalue weighted by Gasteiger charge is 2.37. The Morgan fingerprint density at radius 3 is 2.60 bits per heavy atom. The molecule has 1 heterocycles. The van der Waals surface area contributed by atoms with Crippen LogP contribution in [0.1, 0.15) is 17.5 Å². The zero-order valence-corrected chi connectivity index (χ0v) is 12.5. The van der Waals surface area contributed by atoms with Gasteiger partial charge in [0.25, 0.3) is 0 Å². The van der Waals surface area contributed by atoms with Crippen LogP contribution >= 0.6 is 11.6 Å². The molecule has 20 heavy (non-hydrogen) atoms. The predicted molar refractivity (Wildman–Crippen MR) is 77.8 cm³/mol. The molecule has 5 nitrogen and oxygen atoms in total. The zero-order valence-electron chi connectivity index (χ0n) is 11.0. The molecule has 1 aliphatic rings. The number of carbonyl (C=O) groups excluding carboxylic acids is 1. The summed E-state index contributed by atoms with van der Waals surface area (Å²) in [5.74, 6) is -0.415. The summed E-state index contributed by atoms with van der Waals surface area (Å²) < 4.78 is 25.9. The number of sulfonamides is 1. The lowest BCUT2D eigenvalue weighted by Crippen LogP contribution is -2.51. The van der Waals surface area contributed by atoms with E-state index in [1.807, 2.05) is 24.3 Å². The van der Waals surface area contributed by atoms with E-state index in [0.717, 1.165) is 11.1 Å². The molecule has 1 amide bonds. The number of halogens is 1. The molecular formula is C13H17ClN2O3S. The van der Waals surface area contributed by atoms with Gasteiger partial charge in [0.05, 0.1) is 5.75 Å². The van der Waals surface area contributed by atoms with Crippen LogP contribution in [-0.4, -0.2) is 36.3 Å². The monoisotopic (exact) mass is 316 g/mol. The van der Waals surface area contributed by atoms with Crippen LogP contribution in [0, 0.1) is 0 Å². The first kappa shape index (κ1) is 15.3.